The Balaban J connectivity index is 1.46. The Hall–Kier alpha value is -2.86. The Bertz CT molecular complexity index is 1300. The first kappa shape index (κ1) is 22.9. The fourth-order valence-corrected chi connectivity index (χ4v) is 5.16. The van der Waals surface area contributed by atoms with Crippen LogP contribution in [0.3, 0.4) is 0 Å². The lowest BCUT2D eigenvalue weighted by Gasteiger charge is -2.34. The van der Waals surface area contributed by atoms with Gasteiger partial charge in [-0.25, -0.2) is 9.50 Å². The molecule has 1 amide bonds. The summed E-state index contributed by atoms with van der Waals surface area (Å²) >= 11 is 12.2. The maximum Gasteiger partial charge on any atom is 0.254 e. The Labute approximate surface area is 207 Å². The van der Waals surface area contributed by atoms with Crippen LogP contribution < -0.4 is 4.90 Å². The van der Waals surface area contributed by atoms with Crippen molar-refractivity contribution in [1.82, 2.24) is 19.5 Å². The molecule has 2 aromatic heterocycles. The van der Waals surface area contributed by atoms with E-state index in [1.807, 2.05) is 29.0 Å². The molecule has 1 N–H and O–H groups in total. The number of benzene rings is 1. The summed E-state index contributed by atoms with van der Waals surface area (Å²) in [4.78, 5) is 21.9. The summed E-state index contributed by atoms with van der Waals surface area (Å²) in [7, 11) is 0. The third kappa shape index (κ3) is 4.09. The van der Waals surface area contributed by atoms with E-state index in [1.54, 1.807) is 22.7 Å². The van der Waals surface area contributed by atoms with Gasteiger partial charge >= 0.3 is 0 Å². The van der Waals surface area contributed by atoms with E-state index in [1.165, 1.54) is 0 Å². The van der Waals surface area contributed by atoms with E-state index in [4.69, 9.17) is 33.3 Å². The van der Waals surface area contributed by atoms with Gasteiger partial charge in [-0.3, -0.25) is 4.79 Å². The van der Waals surface area contributed by atoms with Gasteiger partial charge < -0.3 is 14.9 Å². The summed E-state index contributed by atoms with van der Waals surface area (Å²) in [5.74, 6) is 0.211. The van der Waals surface area contributed by atoms with E-state index in [0.29, 0.717) is 40.9 Å². The fraction of sp³-hybridized carbons (Fsp3) is 0.417. The van der Waals surface area contributed by atoms with Crippen LogP contribution in [0.15, 0.2) is 30.5 Å². The third-order valence-corrected chi connectivity index (χ3v) is 7.39. The van der Waals surface area contributed by atoms with E-state index < -0.39 is 12.0 Å². The van der Waals surface area contributed by atoms with Gasteiger partial charge in [0.1, 0.15) is 5.82 Å². The number of amides is 1. The highest BCUT2D eigenvalue weighted by atomic mass is 35.5. The molecule has 2 aliphatic rings. The highest BCUT2D eigenvalue weighted by Gasteiger charge is 2.34. The summed E-state index contributed by atoms with van der Waals surface area (Å²) in [5, 5.41) is 24.9. The first-order valence-corrected chi connectivity index (χ1v) is 12.1. The smallest absolute Gasteiger partial charge is 0.254 e. The van der Waals surface area contributed by atoms with Gasteiger partial charge in [0, 0.05) is 43.0 Å². The number of halogens is 2. The first-order chi connectivity index (χ1) is 16.4. The summed E-state index contributed by atoms with van der Waals surface area (Å²) in [6, 6.07) is 8.86. The van der Waals surface area contributed by atoms with Crippen LogP contribution in [-0.2, 0) is 0 Å². The van der Waals surface area contributed by atoms with Gasteiger partial charge in [-0.05, 0) is 44.4 Å². The van der Waals surface area contributed by atoms with Crippen molar-refractivity contribution in [3.8, 4) is 6.07 Å². The van der Waals surface area contributed by atoms with Crippen molar-refractivity contribution < 1.29 is 9.90 Å². The van der Waals surface area contributed by atoms with Crippen molar-refractivity contribution in [2.75, 3.05) is 24.5 Å². The second-order valence-electron chi connectivity index (χ2n) is 8.97. The van der Waals surface area contributed by atoms with Crippen molar-refractivity contribution >= 4 is 40.6 Å². The number of nitrogens with zero attached hydrogens (tertiary/aromatic N) is 6. The summed E-state index contributed by atoms with van der Waals surface area (Å²) in [6.07, 6.45) is 3.95. The number of likely N-dealkylation sites (tertiary alicyclic amines) is 1. The van der Waals surface area contributed by atoms with Crippen molar-refractivity contribution in [1.29, 1.82) is 5.26 Å². The molecular formula is C24H24Cl2N6O2. The standard InChI is InChI=1S/C24H24Cl2N6O2/c1-14-11-32-22(28-23(14)30-12-16(10-27)21(33)13-30)9-19(29-32)20-4-2-3-7-31(20)24(34)15-5-6-17(25)18(26)8-15/h5-6,8-9,11,16,20-21,33H,2-4,7,12-13H2,1H3. The number of hydrogen-bond donors (Lipinski definition) is 1. The molecule has 8 nitrogen and oxygen atoms in total. The molecular weight excluding hydrogens is 475 g/mol. The van der Waals surface area contributed by atoms with Crippen molar-refractivity contribution in [2.45, 2.75) is 38.3 Å². The van der Waals surface area contributed by atoms with Gasteiger partial charge in [-0.1, -0.05) is 23.2 Å². The van der Waals surface area contributed by atoms with Crippen LogP contribution in [0.25, 0.3) is 5.65 Å². The quantitative estimate of drug-likeness (QED) is 0.585. The van der Waals surface area contributed by atoms with E-state index in [9.17, 15) is 15.2 Å². The Kier molecular flexibility index (Phi) is 6.11. The number of rotatable bonds is 3. The molecule has 4 heterocycles. The van der Waals surface area contributed by atoms with E-state index in [0.717, 1.165) is 36.3 Å². The maximum absolute atomic E-state index is 13.4. The first-order valence-electron chi connectivity index (χ1n) is 11.3. The highest BCUT2D eigenvalue weighted by Crippen LogP contribution is 2.34. The molecule has 10 heteroatoms. The SMILES string of the molecule is Cc1cn2nc(C3CCCCN3C(=O)c3ccc(Cl)c(Cl)c3)cc2nc1N1CC(O)C(C#N)C1. The zero-order chi connectivity index (χ0) is 24.0. The lowest BCUT2D eigenvalue weighted by atomic mass is 9.98. The van der Waals surface area contributed by atoms with Crippen LogP contribution in [0.4, 0.5) is 5.82 Å². The summed E-state index contributed by atoms with van der Waals surface area (Å²) < 4.78 is 1.73. The molecule has 2 fully saturated rings. The molecule has 0 aliphatic carbocycles. The predicted molar refractivity (Wildman–Crippen MR) is 129 cm³/mol. The third-order valence-electron chi connectivity index (χ3n) is 6.65. The van der Waals surface area contributed by atoms with Gasteiger partial charge in [0.2, 0.25) is 0 Å². The maximum atomic E-state index is 13.4. The minimum atomic E-state index is -0.689. The van der Waals surface area contributed by atoms with Crippen LogP contribution >= 0.6 is 23.2 Å². The Morgan fingerprint density at radius 1 is 1.21 bits per heavy atom. The largest absolute Gasteiger partial charge is 0.390 e. The number of carbonyl (C=O) groups excluding carboxylic acids is 1. The summed E-state index contributed by atoms with van der Waals surface area (Å²) in [6.45, 7) is 3.39. The van der Waals surface area contributed by atoms with E-state index >= 15 is 0 Å². The number of aliphatic hydroxyl groups excluding tert-OH is 1. The monoisotopic (exact) mass is 498 g/mol. The molecule has 2 aliphatic heterocycles. The topological polar surface area (TPSA) is 97.8 Å². The van der Waals surface area contributed by atoms with Crippen LogP contribution in [0, 0.1) is 24.2 Å². The lowest BCUT2D eigenvalue weighted by Crippen LogP contribution is -2.38. The number of carbonyl (C=O) groups is 1. The number of piperidine rings is 1. The zero-order valence-electron chi connectivity index (χ0n) is 18.7. The number of nitriles is 1. The molecule has 0 spiro atoms. The second-order valence-corrected chi connectivity index (χ2v) is 9.78. The van der Waals surface area contributed by atoms with Crippen LogP contribution in [0.5, 0.6) is 0 Å². The predicted octanol–water partition coefficient (Wildman–Crippen LogP) is 4.03. The van der Waals surface area contributed by atoms with Crippen molar-refractivity contribution in [3.63, 3.8) is 0 Å². The Morgan fingerprint density at radius 3 is 2.76 bits per heavy atom. The highest BCUT2D eigenvalue weighted by molar-refractivity contribution is 6.42. The zero-order valence-corrected chi connectivity index (χ0v) is 20.2. The normalized spacial score (nSPS) is 22.9. The molecule has 34 heavy (non-hydrogen) atoms. The second kappa shape index (κ2) is 9.06. The Morgan fingerprint density at radius 2 is 2.03 bits per heavy atom. The van der Waals surface area contributed by atoms with Crippen LogP contribution in [0.1, 0.15) is 46.9 Å². The molecule has 2 saturated heterocycles. The number of hydrogen-bond acceptors (Lipinski definition) is 6. The van der Waals surface area contributed by atoms with Crippen molar-refractivity contribution in [2.24, 2.45) is 5.92 Å². The van der Waals surface area contributed by atoms with Crippen molar-refractivity contribution in [3.05, 3.63) is 57.3 Å². The average molecular weight is 499 g/mol. The molecule has 3 aromatic rings. The van der Waals surface area contributed by atoms with Crippen LogP contribution in [-0.4, -0.2) is 56.2 Å². The lowest BCUT2D eigenvalue weighted by molar-refractivity contribution is 0.0605. The molecule has 0 bridgehead atoms. The molecule has 3 atom stereocenters. The summed E-state index contributed by atoms with van der Waals surface area (Å²) in [5.41, 5.74) is 2.85. The molecule has 1 aromatic carbocycles. The van der Waals surface area contributed by atoms with Gasteiger partial charge in [-0.15, -0.1) is 0 Å². The molecule has 3 unspecified atom stereocenters. The van der Waals surface area contributed by atoms with E-state index in [-0.39, 0.29) is 11.9 Å². The molecule has 5 rings (SSSR count). The molecule has 176 valence electrons. The van der Waals surface area contributed by atoms with Crippen LogP contribution in [0.2, 0.25) is 10.0 Å². The number of β-amino-alcohol motifs (C(OH)–C–C–N with tert-alkyl or cyclic N) is 1. The minimum absolute atomic E-state index is 0.0984. The number of aromatic nitrogens is 3. The van der Waals surface area contributed by atoms with Gasteiger partial charge in [0.25, 0.3) is 5.91 Å². The number of aryl methyl sites for hydroxylation is 1. The minimum Gasteiger partial charge on any atom is -0.390 e. The van der Waals surface area contributed by atoms with Gasteiger partial charge in [0.15, 0.2) is 5.65 Å². The van der Waals surface area contributed by atoms with E-state index in [2.05, 4.69) is 6.07 Å². The van der Waals surface area contributed by atoms with Gasteiger partial charge in [-0.2, -0.15) is 10.4 Å². The number of anilines is 1. The average Bonchev–Trinajstić information content (AvgIpc) is 3.42. The number of fused-ring (bicyclic) bond motifs is 1. The molecule has 0 radical (unpaired) electrons. The van der Waals surface area contributed by atoms with Gasteiger partial charge in [0.05, 0.1) is 39.9 Å². The number of aliphatic hydroxyl groups is 1. The fourth-order valence-electron chi connectivity index (χ4n) is 4.87. The molecule has 0 saturated carbocycles.